The average molecular weight is 297 g/mol. The minimum absolute atomic E-state index is 0.143. The molecule has 0 aromatic rings. The van der Waals surface area contributed by atoms with Gasteiger partial charge in [0, 0.05) is 0 Å². The summed E-state index contributed by atoms with van der Waals surface area (Å²) >= 11 is 5.06. The molecular formula is C13H19N3O3S. The fraction of sp³-hybridized carbons (Fsp3) is 0.692. The predicted octanol–water partition coefficient (Wildman–Crippen LogP) is -0.0476. The summed E-state index contributed by atoms with van der Waals surface area (Å²) in [5.41, 5.74) is 3.78. The zero-order valence-electron chi connectivity index (χ0n) is 11.9. The molecule has 0 bridgehead atoms. The van der Waals surface area contributed by atoms with Crippen LogP contribution < -0.4 is 11.1 Å². The molecule has 1 aliphatic carbocycles. The monoisotopic (exact) mass is 297 g/mol. The number of nitrogens with one attached hydrogen (secondary N) is 1. The van der Waals surface area contributed by atoms with Crippen molar-refractivity contribution in [1.82, 2.24) is 10.2 Å². The normalized spacial score (nSPS) is 32.4. The molecule has 7 heteroatoms. The van der Waals surface area contributed by atoms with Gasteiger partial charge in [-0.15, -0.1) is 0 Å². The number of thiocarbonyl (C=S) groups is 1. The largest absolute Gasteiger partial charge is 0.392 e. The SMILES string of the molecule is CC1CC(C(=O)N2CC(=O)NC(=O)C2(C)C)(C(N)=S)C1. The van der Waals surface area contributed by atoms with E-state index < -0.39 is 22.8 Å². The van der Waals surface area contributed by atoms with E-state index in [2.05, 4.69) is 5.32 Å². The van der Waals surface area contributed by atoms with Crippen molar-refractivity contribution < 1.29 is 14.4 Å². The molecule has 3 N–H and O–H groups in total. The van der Waals surface area contributed by atoms with Crippen molar-refractivity contribution in [3.05, 3.63) is 0 Å². The lowest BCUT2D eigenvalue weighted by atomic mass is 9.61. The fourth-order valence-electron chi connectivity index (χ4n) is 2.98. The van der Waals surface area contributed by atoms with E-state index >= 15 is 0 Å². The molecular weight excluding hydrogens is 278 g/mol. The van der Waals surface area contributed by atoms with Gasteiger partial charge >= 0.3 is 0 Å². The van der Waals surface area contributed by atoms with Crippen LogP contribution in [0.3, 0.4) is 0 Å². The Hall–Kier alpha value is -1.50. The number of nitrogens with zero attached hydrogens (tertiary/aromatic N) is 1. The van der Waals surface area contributed by atoms with Gasteiger partial charge in [-0.05, 0) is 32.6 Å². The van der Waals surface area contributed by atoms with Crippen LogP contribution in [0.5, 0.6) is 0 Å². The van der Waals surface area contributed by atoms with E-state index in [1.165, 1.54) is 4.90 Å². The Bertz CT molecular complexity index is 509. The molecule has 2 rings (SSSR count). The third kappa shape index (κ3) is 2.00. The molecule has 110 valence electrons. The lowest BCUT2D eigenvalue weighted by Crippen LogP contribution is -2.69. The van der Waals surface area contributed by atoms with Crippen LogP contribution >= 0.6 is 12.2 Å². The Morgan fingerprint density at radius 2 is 1.95 bits per heavy atom. The summed E-state index contributed by atoms with van der Waals surface area (Å²) in [5, 5.41) is 2.24. The Morgan fingerprint density at radius 3 is 2.40 bits per heavy atom. The van der Waals surface area contributed by atoms with Crippen LogP contribution in [0.15, 0.2) is 0 Å². The quantitative estimate of drug-likeness (QED) is 0.551. The Labute approximate surface area is 123 Å². The highest BCUT2D eigenvalue weighted by Crippen LogP contribution is 2.48. The third-order valence-electron chi connectivity index (χ3n) is 4.31. The van der Waals surface area contributed by atoms with E-state index in [4.69, 9.17) is 18.0 Å². The number of nitrogens with two attached hydrogens (primary N) is 1. The molecule has 1 saturated carbocycles. The molecule has 1 heterocycles. The van der Waals surface area contributed by atoms with Crippen LogP contribution in [-0.4, -0.2) is 39.7 Å². The summed E-state index contributed by atoms with van der Waals surface area (Å²) in [6.07, 6.45) is 1.15. The molecule has 0 aromatic heterocycles. The zero-order chi connectivity index (χ0) is 15.3. The van der Waals surface area contributed by atoms with Crippen molar-refractivity contribution >= 4 is 34.9 Å². The first-order valence-electron chi connectivity index (χ1n) is 6.57. The zero-order valence-corrected chi connectivity index (χ0v) is 12.7. The van der Waals surface area contributed by atoms with Gasteiger partial charge in [0.1, 0.15) is 12.1 Å². The van der Waals surface area contributed by atoms with Gasteiger partial charge in [0.2, 0.25) is 11.8 Å². The van der Waals surface area contributed by atoms with Crippen molar-refractivity contribution in [2.24, 2.45) is 17.1 Å². The van der Waals surface area contributed by atoms with Gasteiger partial charge in [0.05, 0.1) is 10.4 Å². The average Bonchev–Trinajstić information content (AvgIpc) is 2.28. The first-order chi connectivity index (χ1) is 9.11. The summed E-state index contributed by atoms with van der Waals surface area (Å²) in [4.78, 5) is 37.7. The Kier molecular flexibility index (Phi) is 3.36. The van der Waals surface area contributed by atoms with Gasteiger partial charge in [0.15, 0.2) is 0 Å². The van der Waals surface area contributed by atoms with Crippen LogP contribution in [-0.2, 0) is 14.4 Å². The van der Waals surface area contributed by atoms with Gasteiger partial charge in [-0.1, -0.05) is 19.1 Å². The molecule has 0 radical (unpaired) electrons. The van der Waals surface area contributed by atoms with Gasteiger partial charge in [-0.25, -0.2) is 0 Å². The number of hydrogen-bond donors (Lipinski definition) is 2. The number of carbonyl (C=O) groups excluding carboxylic acids is 3. The molecule has 0 atom stereocenters. The van der Waals surface area contributed by atoms with Gasteiger partial charge in [-0.3, -0.25) is 19.7 Å². The lowest BCUT2D eigenvalue weighted by Gasteiger charge is -2.50. The smallest absolute Gasteiger partial charge is 0.252 e. The third-order valence-corrected chi connectivity index (χ3v) is 4.70. The Balaban J connectivity index is 2.34. The maximum Gasteiger partial charge on any atom is 0.252 e. The standard InChI is InChI=1S/C13H19N3O3S/c1-7-4-13(5-7,9(14)20)11(19)16-6-8(17)15-10(18)12(16,2)3/h7H,4-6H2,1-3H3,(H2,14,20)(H,15,17,18). The minimum Gasteiger partial charge on any atom is -0.392 e. The molecule has 3 amide bonds. The minimum atomic E-state index is -1.08. The molecule has 20 heavy (non-hydrogen) atoms. The topological polar surface area (TPSA) is 92.5 Å². The fourth-order valence-corrected chi connectivity index (χ4v) is 3.23. The van der Waals surface area contributed by atoms with Gasteiger partial charge < -0.3 is 10.6 Å². The number of rotatable bonds is 2. The molecule has 0 aromatic carbocycles. The molecule has 0 spiro atoms. The van der Waals surface area contributed by atoms with Crippen LogP contribution in [0, 0.1) is 11.3 Å². The van der Waals surface area contributed by atoms with E-state index in [0.717, 1.165) is 0 Å². The second-order valence-electron chi connectivity index (χ2n) is 6.29. The summed E-state index contributed by atoms with van der Waals surface area (Å²) in [5.74, 6) is -0.908. The predicted molar refractivity (Wildman–Crippen MR) is 76.6 cm³/mol. The first kappa shape index (κ1) is 14.9. The van der Waals surface area contributed by atoms with Crippen LogP contribution in [0.25, 0.3) is 0 Å². The number of amides is 3. The van der Waals surface area contributed by atoms with Crippen molar-refractivity contribution in [2.75, 3.05) is 6.54 Å². The number of imide groups is 1. The van der Waals surface area contributed by atoms with E-state index in [9.17, 15) is 14.4 Å². The van der Waals surface area contributed by atoms with E-state index in [1.54, 1.807) is 13.8 Å². The van der Waals surface area contributed by atoms with E-state index in [0.29, 0.717) is 18.8 Å². The molecule has 1 aliphatic heterocycles. The number of piperazine rings is 1. The summed E-state index contributed by atoms with van der Waals surface area (Å²) in [6.45, 7) is 5.10. The van der Waals surface area contributed by atoms with Crippen LogP contribution in [0.4, 0.5) is 0 Å². The summed E-state index contributed by atoms with van der Waals surface area (Å²) < 4.78 is 0. The highest BCUT2D eigenvalue weighted by atomic mass is 32.1. The second kappa shape index (κ2) is 4.51. The van der Waals surface area contributed by atoms with E-state index in [1.807, 2.05) is 6.92 Å². The molecule has 6 nitrogen and oxygen atoms in total. The Morgan fingerprint density at radius 1 is 1.40 bits per heavy atom. The van der Waals surface area contributed by atoms with Gasteiger partial charge in [0.25, 0.3) is 5.91 Å². The highest BCUT2D eigenvalue weighted by Gasteiger charge is 2.56. The molecule has 0 unspecified atom stereocenters. The van der Waals surface area contributed by atoms with Crippen molar-refractivity contribution in [3.63, 3.8) is 0 Å². The van der Waals surface area contributed by atoms with Crippen molar-refractivity contribution in [1.29, 1.82) is 0 Å². The van der Waals surface area contributed by atoms with Crippen LogP contribution in [0.2, 0.25) is 0 Å². The highest BCUT2D eigenvalue weighted by molar-refractivity contribution is 7.80. The van der Waals surface area contributed by atoms with Crippen LogP contribution in [0.1, 0.15) is 33.6 Å². The first-order valence-corrected chi connectivity index (χ1v) is 6.98. The molecule has 1 saturated heterocycles. The maximum absolute atomic E-state index is 12.8. The van der Waals surface area contributed by atoms with Crippen molar-refractivity contribution in [3.8, 4) is 0 Å². The second-order valence-corrected chi connectivity index (χ2v) is 6.73. The molecule has 2 fully saturated rings. The lowest BCUT2D eigenvalue weighted by molar-refractivity contribution is -0.162. The summed E-state index contributed by atoms with van der Waals surface area (Å²) in [6, 6.07) is 0. The number of hydrogen-bond acceptors (Lipinski definition) is 4. The maximum atomic E-state index is 12.8. The van der Waals surface area contributed by atoms with Gasteiger partial charge in [-0.2, -0.15) is 0 Å². The molecule has 2 aliphatic rings. The van der Waals surface area contributed by atoms with Crippen molar-refractivity contribution in [2.45, 2.75) is 39.2 Å². The summed E-state index contributed by atoms with van der Waals surface area (Å²) in [7, 11) is 0. The van der Waals surface area contributed by atoms with E-state index in [-0.39, 0.29) is 17.4 Å². The number of carbonyl (C=O) groups is 3.